The van der Waals surface area contributed by atoms with Crippen molar-refractivity contribution in [3.63, 3.8) is 0 Å². The summed E-state index contributed by atoms with van der Waals surface area (Å²) in [7, 11) is 1.75. The first-order valence-electron chi connectivity index (χ1n) is 9.27. The molecule has 2 heterocycles. The molecule has 1 atom stereocenters. The molecule has 1 aromatic carbocycles. The van der Waals surface area contributed by atoms with Gasteiger partial charge in [0, 0.05) is 18.2 Å². The molecule has 0 saturated carbocycles. The molecule has 3 rings (SSSR count). The van der Waals surface area contributed by atoms with E-state index in [2.05, 4.69) is 58.2 Å². The van der Waals surface area contributed by atoms with Crippen LogP contribution in [0.3, 0.4) is 0 Å². The van der Waals surface area contributed by atoms with Crippen LogP contribution < -0.4 is 0 Å². The second kappa shape index (κ2) is 6.84. The summed E-state index contributed by atoms with van der Waals surface area (Å²) in [6, 6.07) is 4.48. The van der Waals surface area contributed by atoms with E-state index in [1.165, 1.54) is 33.6 Å². The summed E-state index contributed by atoms with van der Waals surface area (Å²) in [5.41, 5.74) is 9.45. The molecular formula is C22H29N3O. The summed E-state index contributed by atoms with van der Waals surface area (Å²) in [6.07, 6.45) is 0.863. The highest BCUT2D eigenvalue weighted by atomic mass is 16.5. The van der Waals surface area contributed by atoms with E-state index >= 15 is 0 Å². The van der Waals surface area contributed by atoms with Gasteiger partial charge in [0.25, 0.3) is 0 Å². The molecule has 2 aromatic heterocycles. The Kier molecular flexibility index (Phi) is 4.89. The molecule has 4 heteroatoms. The maximum Gasteiger partial charge on any atom is 0.149 e. The minimum absolute atomic E-state index is 0.0200. The zero-order chi connectivity index (χ0) is 19.2. The third-order valence-electron chi connectivity index (χ3n) is 5.31. The van der Waals surface area contributed by atoms with E-state index in [1.807, 2.05) is 6.92 Å². The number of nitrogens with zero attached hydrogens (tertiary/aromatic N) is 3. The van der Waals surface area contributed by atoms with Gasteiger partial charge < -0.3 is 4.74 Å². The van der Waals surface area contributed by atoms with Crippen molar-refractivity contribution in [2.75, 3.05) is 7.11 Å². The van der Waals surface area contributed by atoms with Crippen molar-refractivity contribution in [1.82, 2.24) is 14.5 Å². The van der Waals surface area contributed by atoms with Gasteiger partial charge in [-0.2, -0.15) is 0 Å². The van der Waals surface area contributed by atoms with Gasteiger partial charge in [-0.3, -0.25) is 4.57 Å². The smallest absolute Gasteiger partial charge is 0.149 e. The van der Waals surface area contributed by atoms with Crippen LogP contribution in [0.2, 0.25) is 0 Å². The Bertz CT molecular complexity index is 958. The largest absolute Gasteiger partial charge is 0.375 e. The Balaban J connectivity index is 2.45. The van der Waals surface area contributed by atoms with E-state index in [0.717, 1.165) is 29.0 Å². The second-order valence-corrected chi connectivity index (χ2v) is 7.28. The summed E-state index contributed by atoms with van der Waals surface area (Å²) < 4.78 is 8.02. The molecule has 0 amide bonds. The molecule has 0 radical (unpaired) electrons. The van der Waals surface area contributed by atoms with Crippen LogP contribution in [0.1, 0.15) is 58.9 Å². The van der Waals surface area contributed by atoms with Crippen LogP contribution in [0, 0.1) is 41.5 Å². The Labute approximate surface area is 156 Å². The van der Waals surface area contributed by atoms with Gasteiger partial charge in [-0.1, -0.05) is 24.6 Å². The van der Waals surface area contributed by atoms with E-state index in [0.29, 0.717) is 0 Å². The predicted molar refractivity (Wildman–Crippen MR) is 107 cm³/mol. The lowest BCUT2D eigenvalue weighted by atomic mass is 10.0. The van der Waals surface area contributed by atoms with E-state index in [1.54, 1.807) is 7.11 Å². The molecule has 0 saturated heterocycles. The molecule has 3 aromatic rings. The molecule has 26 heavy (non-hydrogen) atoms. The number of fused-ring (bicyclic) bond motifs is 1. The number of hydrogen-bond acceptors (Lipinski definition) is 3. The Morgan fingerprint density at radius 1 is 1.00 bits per heavy atom. The van der Waals surface area contributed by atoms with Crippen LogP contribution in [-0.2, 0) is 4.74 Å². The van der Waals surface area contributed by atoms with Crippen molar-refractivity contribution < 1.29 is 4.74 Å². The average molecular weight is 351 g/mol. The quantitative estimate of drug-likeness (QED) is 0.634. The maximum atomic E-state index is 5.72. The molecule has 0 N–H and O–H groups in total. The topological polar surface area (TPSA) is 39.9 Å². The van der Waals surface area contributed by atoms with Crippen LogP contribution in [0.15, 0.2) is 12.1 Å². The van der Waals surface area contributed by atoms with Crippen molar-refractivity contribution in [3.8, 4) is 5.69 Å². The highest BCUT2D eigenvalue weighted by molar-refractivity contribution is 5.87. The van der Waals surface area contributed by atoms with E-state index in [-0.39, 0.29) is 6.10 Å². The lowest BCUT2D eigenvalue weighted by molar-refractivity contribution is 0.0975. The van der Waals surface area contributed by atoms with Gasteiger partial charge >= 0.3 is 0 Å². The van der Waals surface area contributed by atoms with Crippen molar-refractivity contribution >= 4 is 11.0 Å². The summed E-state index contributed by atoms with van der Waals surface area (Å²) >= 11 is 0. The van der Waals surface area contributed by atoms with Crippen molar-refractivity contribution in [2.45, 2.75) is 61.0 Å². The second-order valence-electron chi connectivity index (χ2n) is 7.28. The highest BCUT2D eigenvalue weighted by Gasteiger charge is 2.24. The minimum atomic E-state index is -0.0200. The lowest BCUT2D eigenvalue weighted by Gasteiger charge is -2.17. The van der Waals surface area contributed by atoms with Gasteiger partial charge in [-0.05, 0) is 64.7 Å². The molecule has 0 aliphatic heterocycles. The number of aromatic nitrogens is 3. The van der Waals surface area contributed by atoms with Crippen LogP contribution in [0.25, 0.3) is 16.7 Å². The fraction of sp³-hybridized carbons (Fsp3) is 0.455. The van der Waals surface area contributed by atoms with Crippen LogP contribution in [0.4, 0.5) is 0 Å². The van der Waals surface area contributed by atoms with E-state index in [9.17, 15) is 0 Å². The van der Waals surface area contributed by atoms with Crippen LogP contribution >= 0.6 is 0 Å². The molecule has 0 bridgehead atoms. The number of hydrogen-bond donors (Lipinski definition) is 0. The fourth-order valence-electron chi connectivity index (χ4n) is 4.11. The van der Waals surface area contributed by atoms with Crippen molar-refractivity contribution in [3.05, 3.63) is 51.6 Å². The molecule has 1 unspecified atom stereocenters. The predicted octanol–water partition coefficient (Wildman–Crippen LogP) is 5.37. The van der Waals surface area contributed by atoms with E-state index in [4.69, 9.17) is 14.7 Å². The zero-order valence-electron chi connectivity index (χ0n) is 17.2. The zero-order valence-corrected chi connectivity index (χ0v) is 17.2. The van der Waals surface area contributed by atoms with Crippen molar-refractivity contribution in [1.29, 1.82) is 0 Å². The van der Waals surface area contributed by atoms with Gasteiger partial charge in [0.2, 0.25) is 0 Å². The Morgan fingerprint density at radius 2 is 1.62 bits per heavy atom. The summed E-state index contributed by atoms with van der Waals surface area (Å²) in [6.45, 7) is 14.9. The molecular weight excluding hydrogens is 322 g/mol. The molecule has 138 valence electrons. The first-order chi connectivity index (χ1) is 12.3. The maximum absolute atomic E-state index is 5.72. The third kappa shape index (κ3) is 2.82. The van der Waals surface area contributed by atoms with Gasteiger partial charge in [0.05, 0.1) is 17.5 Å². The van der Waals surface area contributed by atoms with Gasteiger partial charge in [0.15, 0.2) is 0 Å². The first-order valence-corrected chi connectivity index (χ1v) is 9.27. The van der Waals surface area contributed by atoms with Gasteiger partial charge in [0.1, 0.15) is 11.5 Å². The number of aryl methyl sites for hydroxylation is 5. The van der Waals surface area contributed by atoms with Gasteiger partial charge in [-0.25, -0.2) is 9.97 Å². The van der Waals surface area contributed by atoms with Crippen LogP contribution in [0.5, 0.6) is 0 Å². The number of ether oxygens (including phenoxy) is 1. The lowest BCUT2D eigenvalue weighted by Crippen LogP contribution is -2.08. The van der Waals surface area contributed by atoms with Gasteiger partial charge in [-0.15, -0.1) is 0 Å². The van der Waals surface area contributed by atoms with Crippen LogP contribution in [-0.4, -0.2) is 21.6 Å². The number of rotatable bonds is 4. The normalized spacial score (nSPS) is 12.8. The molecule has 0 fully saturated rings. The summed E-state index contributed by atoms with van der Waals surface area (Å²) in [5.74, 6) is 0.782. The summed E-state index contributed by atoms with van der Waals surface area (Å²) in [5, 5.41) is 1.13. The Hall–Kier alpha value is -2.20. The monoisotopic (exact) mass is 351 g/mol. The Morgan fingerprint density at radius 3 is 2.15 bits per heavy atom. The minimum Gasteiger partial charge on any atom is -0.375 e. The molecule has 0 spiro atoms. The van der Waals surface area contributed by atoms with Crippen molar-refractivity contribution in [2.24, 2.45) is 0 Å². The highest BCUT2D eigenvalue weighted by Crippen LogP contribution is 2.35. The standard InChI is InChI=1S/C22H29N3O/c1-9-18(26-8)20-19-15(5)16(6)25(22(19)24-17(7)23-20)21-13(3)10-12(2)11-14(21)4/h10-11,18H,9H2,1-8H3. The third-order valence-corrected chi connectivity index (χ3v) is 5.31. The molecule has 4 nitrogen and oxygen atoms in total. The van der Waals surface area contributed by atoms with E-state index < -0.39 is 0 Å². The molecule has 0 aliphatic carbocycles. The number of methoxy groups -OCH3 is 1. The summed E-state index contributed by atoms with van der Waals surface area (Å²) in [4.78, 5) is 9.61. The average Bonchev–Trinajstić information content (AvgIpc) is 2.80. The SMILES string of the molecule is CCC(OC)c1nc(C)nc2c1c(C)c(C)n2-c1c(C)cc(C)cc1C. The number of benzene rings is 1. The first kappa shape index (κ1) is 18.6. The molecule has 0 aliphatic rings. The fourth-order valence-corrected chi connectivity index (χ4v) is 4.11.